The molecule has 2 atom stereocenters. The Kier molecular flexibility index (Phi) is 4.87. The average Bonchev–Trinajstić information content (AvgIpc) is 3.20. The van der Waals surface area contributed by atoms with Crippen LogP contribution >= 0.6 is 0 Å². The van der Waals surface area contributed by atoms with Gasteiger partial charge in [-0.25, -0.2) is 8.42 Å². The van der Waals surface area contributed by atoms with Gasteiger partial charge in [-0.3, -0.25) is 9.78 Å². The van der Waals surface area contributed by atoms with E-state index in [9.17, 15) is 13.2 Å². The van der Waals surface area contributed by atoms with Crippen LogP contribution in [0.25, 0.3) is 0 Å². The molecule has 2 aromatic rings. The molecule has 4 rings (SSSR count). The van der Waals surface area contributed by atoms with Crippen LogP contribution in [-0.2, 0) is 16.3 Å². The van der Waals surface area contributed by atoms with Gasteiger partial charge in [0.05, 0.1) is 11.5 Å². The third-order valence-electron chi connectivity index (χ3n) is 5.70. The number of para-hydroxylation sites is 1. The van der Waals surface area contributed by atoms with Gasteiger partial charge in [0, 0.05) is 36.2 Å². The lowest BCUT2D eigenvalue weighted by atomic mass is 10.1. The summed E-state index contributed by atoms with van der Waals surface area (Å²) in [6, 6.07) is 12.1. The van der Waals surface area contributed by atoms with E-state index >= 15 is 0 Å². The molecule has 0 radical (unpaired) electrons. The van der Waals surface area contributed by atoms with Gasteiger partial charge in [0.15, 0.2) is 9.84 Å². The Bertz CT molecular complexity index is 1010. The molecule has 0 spiro atoms. The van der Waals surface area contributed by atoms with Gasteiger partial charge >= 0.3 is 0 Å². The van der Waals surface area contributed by atoms with E-state index in [1.54, 1.807) is 11.1 Å². The summed E-state index contributed by atoms with van der Waals surface area (Å²) in [5.41, 5.74) is 3.76. The summed E-state index contributed by atoms with van der Waals surface area (Å²) in [7, 11) is -3.05. The van der Waals surface area contributed by atoms with Crippen LogP contribution in [0.5, 0.6) is 0 Å². The highest BCUT2D eigenvalue weighted by Gasteiger charge is 2.35. The van der Waals surface area contributed by atoms with E-state index in [1.165, 1.54) is 5.56 Å². The molecule has 0 aliphatic carbocycles. The fraction of sp³-hybridized carbons (Fsp3) is 0.429. The Morgan fingerprint density at radius 3 is 2.79 bits per heavy atom. The maximum atomic E-state index is 13.1. The monoisotopic (exact) mass is 399 g/mol. The predicted octanol–water partition coefficient (Wildman–Crippen LogP) is 2.81. The minimum Gasteiger partial charge on any atom is -0.338 e. The smallest absolute Gasteiger partial charge is 0.272 e. The Balaban J connectivity index is 1.63. The molecule has 1 amide bonds. The number of fused-ring (bicyclic) bond motifs is 1. The van der Waals surface area contributed by atoms with E-state index in [0.29, 0.717) is 24.7 Å². The summed E-state index contributed by atoms with van der Waals surface area (Å²) in [4.78, 5) is 21.3. The minimum atomic E-state index is -3.05. The lowest BCUT2D eigenvalue weighted by molar-refractivity contribution is 0.0702. The molecule has 1 aromatic heterocycles. The number of carbonyl (C=O) groups is 1. The van der Waals surface area contributed by atoms with Gasteiger partial charge in [0.2, 0.25) is 0 Å². The van der Waals surface area contributed by atoms with Crippen LogP contribution in [0.15, 0.2) is 42.6 Å². The van der Waals surface area contributed by atoms with Gasteiger partial charge in [0.1, 0.15) is 5.69 Å². The molecule has 2 unspecified atom stereocenters. The molecule has 0 N–H and O–H groups in total. The summed E-state index contributed by atoms with van der Waals surface area (Å²) < 4.78 is 23.7. The fourth-order valence-electron chi connectivity index (χ4n) is 4.38. The molecule has 148 valence electrons. The number of rotatable bonds is 4. The van der Waals surface area contributed by atoms with Gasteiger partial charge in [-0.2, -0.15) is 0 Å². The van der Waals surface area contributed by atoms with Crippen LogP contribution < -0.4 is 4.90 Å². The number of hydrogen-bond donors (Lipinski definition) is 0. The van der Waals surface area contributed by atoms with Crippen molar-refractivity contribution < 1.29 is 13.2 Å². The number of nitrogens with zero attached hydrogens (tertiary/aromatic N) is 3. The maximum absolute atomic E-state index is 13.1. The Labute approximate surface area is 166 Å². The van der Waals surface area contributed by atoms with Crippen molar-refractivity contribution in [1.29, 1.82) is 0 Å². The van der Waals surface area contributed by atoms with E-state index in [0.717, 1.165) is 17.8 Å². The number of benzene rings is 1. The molecular weight excluding hydrogens is 374 g/mol. The SMILES string of the molecule is CCN(C(=O)c1cc(N2c3ccccc3CC2C)ccn1)C1CCS(=O)(=O)C1. The zero-order chi connectivity index (χ0) is 19.9. The summed E-state index contributed by atoms with van der Waals surface area (Å²) >= 11 is 0. The fourth-order valence-corrected chi connectivity index (χ4v) is 6.11. The van der Waals surface area contributed by atoms with Gasteiger partial charge in [-0.15, -0.1) is 0 Å². The van der Waals surface area contributed by atoms with Crippen molar-refractivity contribution in [2.75, 3.05) is 23.0 Å². The molecular formula is C21H25N3O3S. The van der Waals surface area contributed by atoms with Gasteiger partial charge in [-0.1, -0.05) is 18.2 Å². The van der Waals surface area contributed by atoms with E-state index in [-0.39, 0.29) is 23.5 Å². The zero-order valence-corrected chi connectivity index (χ0v) is 17.0. The second-order valence-corrected chi connectivity index (χ2v) is 9.83. The Hall–Kier alpha value is -2.41. The third-order valence-corrected chi connectivity index (χ3v) is 7.45. The first-order valence-electron chi connectivity index (χ1n) is 9.74. The largest absolute Gasteiger partial charge is 0.338 e. The van der Waals surface area contributed by atoms with Crippen molar-refractivity contribution in [3.63, 3.8) is 0 Å². The summed E-state index contributed by atoms with van der Waals surface area (Å²) in [6.45, 7) is 4.52. The average molecular weight is 400 g/mol. The lowest BCUT2D eigenvalue weighted by Gasteiger charge is -2.28. The van der Waals surface area contributed by atoms with Crippen LogP contribution in [0.2, 0.25) is 0 Å². The number of anilines is 2. The van der Waals surface area contributed by atoms with Gasteiger partial charge in [0.25, 0.3) is 5.91 Å². The van der Waals surface area contributed by atoms with E-state index in [4.69, 9.17) is 0 Å². The molecule has 1 aromatic carbocycles. The Morgan fingerprint density at radius 2 is 2.07 bits per heavy atom. The van der Waals surface area contributed by atoms with E-state index in [2.05, 4.69) is 28.9 Å². The van der Waals surface area contributed by atoms with Crippen molar-refractivity contribution in [3.8, 4) is 0 Å². The van der Waals surface area contributed by atoms with E-state index in [1.807, 2.05) is 31.2 Å². The molecule has 0 bridgehead atoms. The third kappa shape index (κ3) is 3.39. The van der Waals surface area contributed by atoms with Crippen molar-refractivity contribution in [3.05, 3.63) is 53.9 Å². The zero-order valence-electron chi connectivity index (χ0n) is 16.2. The number of aromatic nitrogens is 1. The normalized spacial score (nSPS) is 22.9. The van der Waals surface area contributed by atoms with Crippen LogP contribution in [0, 0.1) is 0 Å². The number of amides is 1. The van der Waals surface area contributed by atoms with Crippen molar-refractivity contribution in [2.24, 2.45) is 0 Å². The first kappa shape index (κ1) is 18.9. The molecule has 2 aliphatic heterocycles. The van der Waals surface area contributed by atoms with Crippen LogP contribution in [0.4, 0.5) is 11.4 Å². The van der Waals surface area contributed by atoms with Gasteiger partial charge in [-0.05, 0) is 50.5 Å². The van der Waals surface area contributed by atoms with Crippen molar-refractivity contribution in [2.45, 2.75) is 38.8 Å². The first-order chi connectivity index (χ1) is 13.4. The summed E-state index contributed by atoms with van der Waals surface area (Å²) in [5.74, 6) is -0.00799. The second kappa shape index (κ2) is 7.20. The van der Waals surface area contributed by atoms with Crippen molar-refractivity contribution >= 4 is 27.1 Å². The molecule has 2 aliphatic rings. The molecule has 1 fully saturated rings. The first-order valence-corrected chi connectivity index (χ1v) is 11.6. The van der Waals surface area contributed by atoms with Crippen LogP contribution in [0.3, 0.4) is 0 Å². The highest BCUT2D eigenvalue weighted by molar-refractivity contribution is 7.91. The number of pyridine rings is 1. The topological polar surface area (TPSA) is 70.6 Å². The number of sulfone groups is 1. The van der Waals surface area contributed by atoms with Crippen LogP contribution in [0.1, 0.15) is 36.3 Å². The van der Waals surface area contributed by atoms with Crippen molar-refractivity contribution in [1.82, 2.24) is 9.88 Å². The second-order valence-electron chi connectivity index (χ2n) is 7.60. The summed E-state index contributed by atoms with van der Waals surface area (Å²) in [6.07, 6.45) is 3.12. The quantitative estimate of drug-likeness (QED) is 0.791. The van der Waals surface area contributed by atoms with E-state index < -0.39 is 9.84 Å². The standard InChI is InChI=1S/C21H25N3O3S/c1-3-23(18-9-11-28(26,27)14-18)21(25)19-13-17(8-10-22-19)24-15(2)12-16-6-4-5-7-20(16)24/h4-8,10,13,15,18H,3,9,11-12,14H2,1-2H3. The predicted molar refractivity (Wildman–Crippen MR) is 110 cm³/mol. The highest BCUT2D eigenvalue weighted by Crippen LogP contribution is 2.38. The minimum absolute atomic E-state index is 0.0444. The van der Waals surface area contributed by atoms with Gasteiger partial charge < -0.3 is 9.80 Å². The highest BCUT2D eigenvalue weighted by atomic mass is 32.2. The molecule has 7 heteroatoms. The molecule has 1 saturated heterocycles. The molecule has 6 nitrogen and oxygen atoms in total. The molecule has 3 heterocycles. The Morgan fingerprint density at radius 1 is 1.29 bits per heavy atom. The number of hydrogen-bond acceptors (Lipinski definition) is 5. The summed E-state index contributed by atoms with van der Waals surface area (Å²) in [5, 5.41) is 0. The molecule has 0 saturated carbocycles. The number of carbonyl (C=O) groups excluding carboxylic acids is 1. The lowest BCUT2D eigenvalue weighted by Crippen LogP contribution is -2.41. The molecule has 28 heavy (non-hydrogen) atoms. The van der Waals surface area contributed by atoms with Crippen LogP contribution in [-0.4, -0.2) is 54.3 Å². The maximum Gasteiger partial charge on any atom is 0.272 e.